The summed E-state index contributed by atoms with van der Waals surface area (Å²) >= 11 is 3.11. The van der Waals surface area contributed by atoms with E-state index in [2.05, 4.69) is 31.4 Å². The highest BCUT2D eigenvalue weighted by Gasteiger charge is 2.26. The monoisotopic (exact) mass is 480 g/mol. The average Bonchev–Trinajstić information content (AvgIpc) is 3.04. The number of rotatable bonds is 6. The summed E-state index contributed by atoms with van der Waals surface area (Å²) in [6.45, 7) is 2.71. The molecule has 3 amide bonds. The number of carbonyl (C=O) groups excluding carboxylic acids is 2. The molecule has 0 spiro atoms. The minimum atomic E-state index is -0.399. The molecule has 1 aliphatic rings. The average molecular weight is 481 g/mol. The Bertz CT molecular complexity index is 993. The van der Waals surface area contributed by atoms with Crippen LogP contribution in [0.2, 0.25) is 0 Å². The van der Waals surface area contributed by atoms with Crippen LogP contribution in [-0.2, 0) is 24.3 Å². The first-order valence-electron chi connectivity index (χ1n) is 9.23. The lowest BCUT2D eigenvalue weighted by molar-refractivity contribution is -0.117. The molecule has 2 heterocycles. The van der Waals surface area contributed by atoms with Crippen LogP contribution in [0.15, 0.2) is 27.8 Å². The summed E-state index contributed by atoms with van der Waals surface area (Å²) in [5.41, 5.74) is 3.58. The van der Waals surface area contributed by atoms with E-state index in [9.17, 15) is 19.1 Å². The molecule has 30 heavy (non-hydrogen) atoms. The van der Waals surface area contributed by atoms with Crippen molar-refractivity contribution < 1.29 is 19.1 Å². The Kier molecular flexibility index (Phi) is 6.83. The van der Waals surface area contributed by atoms with Crippen molar-refractivity contribution >= 4 is 39.8 Å². The molecular weight excluding hydrogens is 459 g/mol. The molecule has 2 aromatic rings. The van der Waals surface area contributed by atoms with E-state index in [1.54, 1.807) is 9.58 Å². The fourth-order valence-electron chi connectivity index (χ4n) is 3.20. The SMILES string of the molecule is Cc1c2c(nn1C/C(CO)=N\N(C)C=O)CCN(C(=O)Nc1ccc(F)c(Br)c1)C2. The molecular formula is C19H22BrFN6O3. The van der Waals surface area contributed by atoms with Crippen molar-refractivity contribution in [2.24, 2.45) is 5.10 Å². The number of benzene rings is 1. The Hall–Kier alpha value is -2.79. The third-order valence-electron chi connectivity index (χ3n) is 4.81. The number of aliphatic hydroxyl groups is 1. The maximum Gasteiger partial charge on any atom is 0.322 e. The lowest BCUT2D eigenvalue weighted by atomic mass is 10.1. The van der Waals surface area contributed by atoms with Gasteiger partial charge in [0.05, 0.1) is 35.6 Å². The van der Waals surface area contributed by atoms with E-state index in [4.69, 9.17) is 0 Å². The molecule has 160 valence electrons. The number of urea groups is 1. The van der Waals surface area contributed by atoms with Crippen LogP contribution >= 0.6 is 15.9 Å². The van der Waals surface area contributed by atoms with Gasteiger partial charge < -0.3 is 15.3 Å². The predicted molar refractivity (Wildman–Crippen MR) is 113 cm³/mol. The minimum absolute atomic E-state index is 0.239. The molecule has 0 saturated carbocycles. The van der Waals surface area contributed by atoms with Crippen LogP contribution in [0, 0.1) is 12.7 Å². The van der Waals surface area contributed by atoms with Crippen molar-refractivity contribution in [1.29, 1.82) is 0 Å². The van der Waals surface area contributed by atoms with E-state index in [-0.39, 0.29) is 23.7 Å². The van der Waals surface area contributed by atoms with Crippen molar-refractivity contribution in [3.63, 3.8) is 0 Å². The van der Waals surface area contributed by atoms with Gasteiger partial charge in [-0.2, -0.15) is 10.2 Å². The smallest absolute Gasteiger partial charge is 0.322 e. The van der Waals surface area contributed by atoms with Gasteiger partial charge in [-0.1, -0.05) is 0 Å². The number of halogens is 2. The summed E-state index contributed by atoms with van der Waals surface area (Å²) in [5, 5.41) is 22.0. The summed E-state index contributed by atoms with van der Waals surface area (Å²) in [6.07, 6.45) is 1.14. The van der Waals surface area contributed by atoms with Crippen molar-refractivity contribution in [2.75, 3.05) is 25.5 Å². The van der Waals surface area contributed by atoms with Gasteiger partial charge in [-0.3, -0.25) is 9.48 Å². The summed E-state index contributed by atoms with van der Waals surface area (Å²) < 4.78 is 15.4. The Morgan fingerprint density at radius 1 is 1.50 bits per heavy atom. The molecule has 0 saturated heterocycles. The molecule has 0 unspecified atom stereocenters. The van der Waals surface area contributed by atoms with Crippen molar-refractivity contribution in [3.05, 3.63) is 45.4 Å². The summed E-state index contributed by atoms with van der Waals surface area (Å²) in [6, 6.07) is 4.02. The van der Waals surface area contributed by atoms with E-state index >= 15 is 0 Å². The second-order valence-corrected chi connectivity index (χ2v) is 7.76. The number of nitrogens with one attached hydrogen (secondary N) is 1. The van der Waals surface area contributed by atoms with Crippen molar-refractivity contribution in [2.45, 2.75) is 26.4 Å². The fraction of sp³-hybridized carbons (Fsp3) is 0.368. The summed E-state index contributed by atoms with van der Waals surface area (Å²) in [5.74, 6) is -0.399. The summed E-state index contributed by atoms with van der Waals surface area (Å²) in [7, 11) is 1.49. The van der Waals surface area contributed by atoms with E-state index in [0.717, 1.165) is 22.0 Å². The van der Waals surface area contributed by atoms with Crippen LogP contribution < -0.4 is 5.32 Å². The molecule has 3 rings (SSSR count). The maximum atomic E-state index is 13.4. The second kappa shape index (κ2) is 9.35. The van der Waals surface area contributed by atoms with Crippen LogP contribution in [0.1, 0.15) is 17.0 Å². The first-order valence-corrected chi connectivity index (χ1v) is 10.0. The third-order valence-corrected chi connectivity index (χ3v) is 5.41. The van der Waals surface area contributed by atoms with Gasteiger partial charge >= 0.3 is 6.03 Å². The highest BCUT2D eigenvalue weighted by molar-refractivity contribution is 9.10. The Balaban J connectivity index is 1.72. The second-order valence-electron chi connectivity index (χ2n) is 6.90. The number of aromatic nitrogens is 2. The van der Waals surface area contributed by atoms with E-state index in [1.165, 1.54) is 25.2 Å². The van der Waals surface area contributed by atoms with Gasteiger partial charge in [0.15, 0.2) is 0 Å². The largest absolute Gasteiger partial charge is 0.390 e. The van der Waals surface area contributed by atoms with Crippen LogP contribution in [0.5, 0.6) is 0 Å². The van der Waals surface area contributed by atoms with E-state index in [0.29, 0.717) is 37.3 Å². The highest BCUT2D eigenvalue weighted by atomic mass is 79.9. The number of hydrogen-bond donors (Lipinski definition) is 2. The zero-order chi connectivity index (χ0) is 21.8. The topological polar surface area (TPSA) is 103 Å². The van der Waals surface area contributed by atoms with E-state index in [1.807, 2.05) is 6.92 Å². The molecule has 1 aromatic carbocycles. The zero-order valence-electron chi connectivity index (χ0n) is 16.6. The maximum absolute atomic E-state index is 13.4. The number of aliphatic hydroxyl groups excluding tert-OH is 1. The number of fused-ring (bicyclic) bond motifs is 1. The van der Waals surface area contributed by atoms with E-state index < -0.39 is 5.82 Å². The Labute approximate surface area is 181 Å². The normalized spacial score (nSPS) is 13.8. The lowest BCUT2D eigenvalue weighted by Gasteiger charge is -2.27. The first kappa shape index (κ1) is 21.9. The van der Waals surface area contributed by atoms with Gasteiger partial charge in [0.2, 0.25) is 6.41 Å². The quantitative estimate of drug-likeness (QED) is 0.375. The number of hydrazone groups is 1. The van der Waals surface area contributed by atoms with Gasteiger partial charge in [-0.15, -0.1) is 0 Å². The van der Waals surface area contributed by atoms with Crippen molar-refractivity contribution in [1.82, 2.24) is 19.7 Å². The number of hydrogen-bond acceptors (Lipinski definition) is 5. The van der Waals surface area contributed by atoms with Gasteiger partial charge in [-0.05, 0) is 41.1 Å². The number of amides is 3. The standard InChI is InChI=1S/C19H22BrFN6O3/c1-12-15-9-26(19(30)22-13-3-4-17(21)16(20)7-13)6-5-18(15)24-27(12)8-14(10-28)23-25(2)11-29/h3-4,7,11,28H,5-6,8-10H2,1-2H3,(H,22,30)/b23-14+. The molecule has 0 aliphatic carbocycles. The molecule has 11 heteroatoms. The van der Waals surface area contributed by atoms with Crippen LogP contribution in [0.4, 0.5) is 14.9 Å². The fourth-order valence-corrected chi connectivity index (χ4v) is 3.58. The number of carbonyl (C=O) groups is 2. The molecule has 1 aliphatic heterocycles. The minimum Gasteiger partial charge on any atom is -0.390 e. The molecule has 0 bridgehead atoms. The van der Waals surface area contributed by atoms with Crippen LogP contribution in [0.3, 0.4) is 0 Å². The first-order chi connectivity index (χ1) is 14.3. The number of anilines is 1. The summed E-state index contributed by atoms with van der Waals surface area (Å²) in [4.78, 5) is 25.1. The third kappa shape index (κ3) is 4.85. The molecule has 9 nitrogen and oxygen atoms in total. The predicted octanol–water partition coefficient (Wildman–Crippen LogP) is 2.12. The van der Waals surface area contributed by atoms with Gasteiger partial charge in [0.25, 0.3) is 0 Å². The molecule has 0 atom stereocenters. The van der Waals surface area contributed by atoms with Crippen LogP contribution in [-0.4, -0.2) is 63.1 Å². The molecule has 1 aromatic heterocycles. The molecule has 2 N–H and O–H groups in total. The van der Waals surface area contributed by atoms with Crippen molar-refractivity contribution in [3.8, 4) is 0 Å². The van der Waals surface area contributed by atoms with Gasteiger partial charge in [0.1, 0.15) is 5.82 Å². The van der Waals surface area contributed by atoms with Gasteiger partial charge in [0, 0.05) is 37.0 Å². The zero-order valence-corrected chi connectivity index (χ0v) is 18.2. The molecule has 0 radical (unpaired) electrons. The van der Waals surface area contributed by atoms with Crippen LogP contribution in [0.25, 0.3) is 0 Å². The lowest BCUT2D eigenvalue weighted by Crippen LogP contribution is -2.38. The molecule has 0 fully saturated rings. The highest BCUT2D eigenvalue weighted by Crippen LogP contribution is 2.24. The number of nitrogens with zero attached hydrogens (tertiary/aromatic N) is 5. The Morgan fingerprint density at radius 2 is 2.27 bits per heavy atom. The Morgan fingerprint density at radius 3 is 2.93 bits per heavy atom. The van der Waals surface area contributed by atoms with Gasteiger partial charge in [-0.25, -0.2) is 14.2 Å².